The highest BCUT2D eigenvalue weighted by Crippen LogP contribution is 2.26. The van der Waals surface area contributed by atoms with Crippen molar-refractivity contribution in [2.75, 3.05) is 11.4 Å². The second-order valence-electron chi connectivity index (χ2n) is 6.68. The van der Waals surface area contributed by atoms with Crippen LogP contribution in [0.25, 0.3) is 0 Å². The molecular formula is C23H24N2O3. The minimum atomic E-state index is -2.02. The summed E-state index contributed by atoms with van der Waals surface area (Å²) in [5.74, 6) is -1.29. The number of aromatic nitrogens is 1. The molecule has 0 radical (unpaired) electrons. The number of rotatable bonds is 8. The number of benzene rings is 2. The van der Waals surface area contributed by atoms with Crippen LogP contribution < -0.4 is 4.90 Å². The maximum Gasteiger partial charge on any atom is 0.340 e. The number of aliphatic hydroxyl groups is 1. The van der Waals surface area contributed by atoms with Gasteiger partial charge in [-0.1, -0.05) is 54.6 Å². The van der Waals surface area contributed by atoms with Crippen LogP contribution in [0, 0.1) is 0 Å². The Labute approximate surface area is 164 Å². The number of carboxylic acids is 1. The van der Waals surface area contributed by atoms with Gasteiger partial charge in [0.1, 0.15) is 0 Å². The molecule has 0 aliphatic heterocycles. The van der Waals surface area contributed by atoms with E-state index < -0.39 is 11.6 Å². The van der Waals surface area contributed by atoms with Gasteiger partial charge in [-0.25, -0.2) is 4.79 Å². The monoisotopic (exact) mass is 376 g/mol. The van der Waals surface area contributed by atoms with Gasteiger partial charge in [0.25, 0.3) is 0 Å². The highest BCUT2D eigenvalue weighted by atomic mass is 16.4. The minimum absolute atomic E-state index is 0.0996. The van der Waals surface area contributed by atoms with Crippen molar-refractivity contribution in [2.45, 2.75) is 25.5 Å². The predicted molar refractivity (Wildman–Crippen MR) is 109 cm³/mol. The summed E-state index contributed by atoms with van der Waals surface area (Å²) in [6.45, 7) is 3.50. The fourth-order valence-corrected chi connectivity index (χ4v) is 3.21. The Hall–Kier alpha value is -3.18. The quantitative estimate of drug-likeness (QED) is 0.628. The molecule has 1 atom stereocenters. The summed E-state index contributed by atoms with van der Waals surface area (Å²) in [6.07, 6.45) is -0.0996. The molecular weight excluding hydrogens is 352 g/mol. The number of para-hydroxylation sites is 1. The Balaban J connectivity index is 1.83. The van der Waals surface area contributed by atoms with E-state index in [1.54, 1.807) is 36.4 Å². The molecule has 5 nitrogen and oxygen atoms in total. The Kier molecular flexibility index (Phi) is 6.06. The second-order valence-corrected chi connectivity index (χ2v) is 6.68. The van der Waals surface area contributed by atoms with Crippen molar-refractivity contribution in [1.29, 1.82) is 0 Å². The van der Waals surface area contributed by atoms with Crippen molar-refractivity contribution >= 4 is 11.7 Å². The van der Waals surface area contributed by atoms with E-state index in [9.17, 15) is 15.0 Å². The van der Waals surface area contributed by atoms with Crippen molar-refractivity contribution in [1.82, 2.24) is 4.98 Å². The van der Waals surface area contributed by atoms with Crippen molar-refractivity contribution in [3.8, 4) is 0 Å². The van der Waals surface area contributed by atoms with Crippen molar-refractivity contribution < 1.29 is 15.0 Å². The highest BCUT2D eigenvalue weighted by molar-refractivity contribution is 5.79. The van der Waals surface area contributed by atoms with Gasteiger partial charge in [-0.05, 0) is 36.8 Å². The molecule has 1 aromatic heterocycles. The van der Waals surface area contributed by atoms with Gasteiger partial charge in [0.2, 0.25) is 0 Å². The van der Waals surface area contributed by atoms with Gasteiger partial charge in [0.15, 0.2) is 5.60 Å². The molecule has 0 saturated carbocycles. The van der Waals surface area contributed by atoms with Crippen LogP contribution in [-0.2, 0) is 23.4 Å². The Morgan fingerprint density at radius 2 is 1.54 bits per heavy atom. The molecule has 3 aromatic rings. The van der Waals surface area contributed by atoms with Crippen LogP contribution in [0.4, 0.5) is 5.69 Å². The lowest BCUT2D eigenvalue weighted by Gasteiger charge is -2.25. The SMILES string of the molecule is CCN(Cc1cccc(C[C@@](O)(C(=O)O)c2ccccc2)n1)c1ccccc1. The molecule has 0 unspecified atom stereocenters. The Morgan fingerprint density at radius 3 is 2.14 bits per heavy atom. The maximum absolute atomic E-state index is 11.8. The normalized spacial score (nSPS) is 12.9. The standard InChI is InChI=1S/C23H24N2O3/c1-2-25(21-14-7-4-8-15-21)17-20-13-9-12-19(24-20)16-23(28,22(26)27)18-10-5-3-6-11-18/h3-15,28H,2,16-17H2,1H3,(H,26,27)/t23-/m0/s1. The lowest BCUT2D eigenvalue weighted by molar-refractivity contribution is -0.159. The summed E-state index contributed by atoms with van der Waals surface area (Å²) in [5, 5.41) is 20.5. The van der Waals surface area contributed by atoms with Crippen molar-refractivity contribution in [3.05, 3.63) is 95.8 Å². The van der Waals surface area contributed by atoms with Crippen molar-refractivity contribution in [2.24, 2.45) is 0 Å². The second kappa shape index (κ2) is 8.67. The van der Waals surface area contributed by atoms with Crippen molar-refractivity contribution in [3.63, 3.8) is 0 Å². The maximum atomic E-state index is 11.8. The van der Waals surface area contributed by atoms with Crippen LogP contribution in [0.3, 0.4) is 0 Å². The van der Waals surface area contributed by atoms with Crippen LogP contribution >= 0.6 is 0 Å². The van der Waals surface area contributed by atoms with E-state index in [4.69, 9.17) is 0 Å². The highest BCUT2D eigenvalue weighted by Gasteiger charge is 2.38. The number of carbonyl (C=O) groups is 1. The average Bonchev–Trinajstić information content (AvgIpc) is 2.73. The molecule has 0 amide bonds. The van der Waals surface area contributed by atoms with Gasteiger partial charge >= 0.3 is 5.97 Å². The fourth-order valence-electron chi connectivity index (χ4n) is 3.21. The molecule has 0 bridgehead atoms. The molecule has 2 N–H and O–H groups in total. The number of pyridine rings is 1. The first kappa shape index (κ1) is 19.6. The molecule has 3 rings (SSSR count). The van der Waals surface area contributed by atoms with Gasteiger partial charge in [0.05, 0.1) is 12.2 Å². The summed E-state index contributed by atoms with van der Waals surface area (Å²) in [5.41, 5.74) is 0.786. The fraction of sp³-hybridized carbons (Fsp3) is 0.217. The van der Waals surface area contributed by atoms with E-state index >= 15 is 0 Å². The van der Waals surface area contributed by atoms with E-state index in [0.29, 0.717) is 17.8 Å². The summed E-state index contributed by atoms with van der Waals surface area (Å²) in [6, 6.07) is 24.0. The molecule has 2 aromatic carbocycles. The largest absolute Gasteiger partial charge is 0.479 e. The molecule has 0 saturated heterocycles. The zero-order valence-electron chi connectivity index (χ0n) is 15.8. The van der Waals surface area contributed by atoms with Gasteiger partial charge < -0.3 is 15.1 Å². The minimum Gasteiger partial charge on any atom is -0.479 e. The lowest BCUT2D eigenvalue weighted by Crippen LogP contribution is -2.38. The van der Waals surface area contributed by atoms with E-state index in [0.717, 1.165) is 17.9 Å². The third-order valence-electron chi connectivity index (χ3n) is 4.76. The Morgan fingerprint density at radius 1 is 0.929 bits per heavy atom. The van der Waals surface area contributed by atoms with Gasteiger partial charge in [-0.15, -0.1) is 0 Å². The number of nitrogens with zero attached hydrogens (tertiary/aromatic N) is 2. The number of carboxylic acid groups (broad SMARTS) is 1. The van der Waals surface area contributed by atoms with E-state index in [1.807, 2.05) is 42.5 Å². The summed E-state index contributed by atoms with van der Waals surface area (Å²) in [4.78, 5) is 18.6. The third-order valence-corrected chi connectivity index (χ3v) is 4.76. The molecule has 28 heavy (non-hydrogen) atoms. The zero-order valence-corrected chi connectivity index (χ0v) is 15.8. The van der Waals surface area contributed by atoms with E-state index in [2.05, 4.69) is 16.8 Å². The first-order chi connectivity index (χ1) is 13.5. The smallest absolute Gasteiger partial charge is 0.340 e. The van der Waals surface area contributed by atoms with Crippen LogP contribution in [-0.4, -0.2) is 27.7 Å². The summed E-state index contributed by atoms with van der Waals surface area (Å²) >= 11 is 0. The van der Waals surface area contributed by atoms with Gasteiger partial charge in [-0.3, -0.25) is 4.98 Å². The third kappa shape index (κ3) is 4.38. The summed E-state index contributed by atoms with van der Waals surface area (Å²) in [7, 11) is 0. The number of aliphatic carboxylic acids is 1. The van der Waals surface area contributed by atoms with Crippen LogP contribution in [0.5, 0.6) is 0 Å². The number of hydrogen-bond acceptors (Lipinski definition) is 4. The van der Waals surface area contributed by atoms with Crippen LogP contribution in [0.2, 0.25) is 0 Å². The molecule has 1 heterocycles. The first-order valence-electron chi connectivity index (χ1n) is 9.29. The van der Waals surface area contributed by atoms with Crippen LogP contribution in [0.15, 0.2) is 78.9 Å². The predicted octanol–water partition coefficient (Wildman–Crippen LogP) is 3.62. The van der Waals surface area contributed by atoms with E-state index in [1.165, 1.54) is 0 Å². The summed E-state index contributed by atoms with van der Waals surface area (Å²) < 4.78 is 0. The van der Waals surface area contributed by atoms with E-state index in [-0.39, 0.29) is 6.42 Å². The zero-order chi connectivity index (χ0) is 20.0. The van der Waals surface area contributed by atoms with Gasteiger partial charge in [0, 0.05) is 24.3 Å². The lowest BCUT2D eigenvalue weighted by atomic mass is 9.89. The van der Waals surface area contributed by atoms with Crippen LogP contribution in [0.1, 0.15) is 23.9 Å². The number of anilines is 1. The molecule has 144 valence electrons. The Bertz CT molecular complexity index is 915. The molecule has 0 fully saturated rings. The van der Waals surface area contributed by atoms with Gasteiger partial charge in [-0.2, -0.15) is 0 Å². The number of hydrogen-bond donors (Lipinski definition) is 2. The molecule has 0 spiro atoms. The molecule has 0 aliphatic rings. The first-order valence-corrected chi connectivity index (χ1v) is 9.29. The molecule has 5 heteroatoms. The molecule has 0 aliphatic carbocycles. The topological polar surface area (TPSA) is 73.7 Å². The average molecular weight is 376 g/mol.